The van der Waals surface area contributed by atoms with Crippen LogP contribution in [0.1, 0.15) is 24.2 Å². The second-order valence-corrected chi connectivity index (χ2v) is 4.49. The second kappa shape index (κ2) is 6.14. The fourth-order valence-electron chi connectivity index (χ4n) is 1.62. The first kappa shape index (κ1) is 14.0. The fraction of sp³-hybridized carbons (Fsp3) is 0.200. The second-order valence-electron chi connectivity index (χ2n) is 4.49. The van der Waals surface area contributed by atoms with E-state index in [1.54, 1.807) is 24.3 Å². The van der Waals surface area contributed by atoms with Crippen LogP contribution >= 0.6 is 0 Å². The maximum atomic E-state index is 12.9. The van der Waals surface area contributed by atoms with Crippen LogP contribution in [0.3, 0.4) is 0 Å². The van der Waals surface area contributed by atoms with E-state index in [-0.39, 0.29) is 17.8 Å². The summed E-state index contributed by atoms with van der Waals surface area (Å²) in [6.07, 6.45) is 0.0752. The van der Waals surface area contributed by atoms with Gasteiger partial charge in [0.15, 0.2) is 0 Å². The zero-order valence-corrected chi connectivity index (χ0v) is 11.3. The number of hydrogen-bond acceptors (Lipinski definition) is 3. The third-order valence-electron chi connectivity index (χ3n) is 2.44. The van der Waals surface area contributed by atoms with Crippen molar-refractivity contribution in [3.8, 4) is 5.75 Å². The van der Waals surface area contributed by atoms with E-state index in [4.69, 9.17) is 4.74 Å². The standard InChI is InChI=1S/C15H15FN2O2/c1-10(2)20-12-8-6-11(7-9-12)15(19)18-14-5-3-4-13(16)17-14/h3-10H,1-2H3,(H,17,18,19). The Labute approximate surface area is 116 Å². The predicted octanol–water partition coefficient (Wildman–Crippen LogP) is 3.26. The molecule has 0 saturated heterocycles. The number of pyridine rings is 1. The molecule has 0 atom stereocenters. The molecule has 1 aromatic heterocycles. The summed E-state index contributed by atoms with van der Waals surface area (Å²) >= 11 is 0. The maximum absolute atomic E-state index is 12.9. The number of carbonyl (C=O) groups excluding carboxylic acids is 1. The summed E-state index contributed by atoms with van der Waals surface area (Å²) in [6.45, 7) is 3.85. The smallest absolute Gasteiger partial charge is 0.256 e. The number of carbonyl (C=O) groups is 1. The van der Waals surface area contributed by atoms with Crippen LogP contribution in [0.15, 0.2) is 42.5 Å². The van der Waals surface area contributed by atoms with E-state index in [2.05, 4.69) is 10.3 Å². The van der Waals surface area contributed by atoms with Crippen molar-refractivity contribution in [3.63, 3.8) is 0 Å². The average molecular weight is 274 g/mol. The van der Waals surface area contributed by atoms with E-state index in [1.165, 1.54) is 18.2 Å². The molecule has 104 valence electrons. The average Bonchev–Trinajstić information content (AvgIpc) is 2.38. The van der Waals surface area contributed by atoms with Gasteiger partial charge < -0.3 is 10.1 Å². The monoisotopic (exact) mass is 274 g/mol. The molecule has 0 unspecified atom stereocenters. The van der Waals surface area contributed by atoms with E-state index >= 15 is 0 Å². The summed E-state index contributed by atoms with van der Waals surface area (Å²) in [7, 11) is 0. The van der Waals surface area contributed by atoms with Crippen LogP contribution in [-0.2, 0) is 0 Å². The minimum absolute atomic E-state index is 0.0752. The molecule has 2 rings (SSSR count). The van der Waals surface area contributed by atoms with Crippen LogP contribution < -0.4 is 10.1 Å². The molecule has 0 aliphatic carbocycles. The molecule has 1 amide bonds. The molecule has 5 heteroatoms. The van der Waals surface area contributed by atoms with Crippen molar-refractivity contribution in [2.45, 2.75) is 20.0 Å². The normalized spacial score (nSPS) is 10.4. The lowest BCUT2D eigenvalue weighted by atomic mass is 10.2. The first-order valence-electron chi connectivity index (χ1n) is 6.25. The summed E-state index contributed by atoms with van der Waals surface area (Å²) in [4.78, 5) is 15.5. The molecule has 0 bridgehead atoms. The number of ether oxygens (including phenoxy) is 1. The minimum Gasteiger partial charge on any atom is -0.491 e. The zero-order valence-electron chi connectivity index (χ0n) is 11.3. The molecule has 4 nitrogen and oxygen atoms in total. The lowest BCUT2D eigenvalue weighted by Gasteiger charge is -2.10. The number of aromatic nitrogens is 1. The van der Waals surface area contributed by atoms with Crippen molar-refractivity contribution in [1.82, 2.24) is 4.98 Å². The highest BCUT2D eigenvalue weighted by Crippen LogP contribution is 2.15. The van der Waals surface area contributed by atoms with Crippen molar-refractivity contribution in [2.75, 3.05) is 5.32 Å². The molecule has 1 aromatic carbocycles. The summed E-state index contributed by atoms with van der Waals surface area (Å²) in [5.74, 6) is -0.111. The molecular formula is C15H15FN2O2. The summed E-state index contributed by atoms with van der Waals surface area (Å²) < 4.78 is 18.4. The van der Waals surface area contributed by atoms with E-state index < -0.39 is 5.95 Å². The van der Waals surface area contributed by atoms with Gasteiger partial charge in [-0.05, 0) is 50.2 Å². The number of halogens is 1. The molecule has 0 saturated carbocycles. The highest BCUT2D eigenvalue weighted by Gasteiger charge is 2.08. The Kier molecular flexibility index (Phi) is 4.30. The van der Waals surface area contributed by atoms with Crippen molar-refractivity contribution < 1.29 is 13.9 Å². The van der Waals surface area contributed by atoms with Gasteiger partial charge in [-0.15, -0.1) is 0 Å². The number of amides is 1. The van der Waals surface area contributed by atoms with Crippen molar-refractivity contribution >= 4 is 11.7 Å². The molecule has 2 aromatic rings. The Morgan fingerprint density at radius 2 is 1.90 bits per heavy atom. The first-order chi connectivity index (χ1) is 9.54. The van der Waals surface area contributed by atoms with E-state index in [9.17, 15) is 9.18 Å². The lowest BCUT2D eigenvalue weighted by molar-refractivity contribution is 0.102. The van der Waals surface area contributed by atoms with Gasteiger partial charge in [-0.3, -0.25) is 4.79 Å². The van der Waals surface area contributed by atoms with Crippen LogP contribution in [0.5, 0.6) is 5.75 Å². The Bertz CT molecular complexity index is 597. The molecule has 0 radical (unpaired) electrons. The molecule has 0 spiro atoms. The minimum atomic E-state index is -0.636. The van der Waals surface area contributed by atoms with Crippen molar-refractivity contribution in [1.29, 1.82) is 0 Å². The first-order valence-corrected chi connectivity index (χ1v) is 6.25. The molecule has 0 aliphatic rings. The van der Waals surface area contributed by atoms with Crippen LogP contribution in [-0.4, -0.2) is 17.0 Å². The number of hydrogen-bond donors (Lipinski definition) is 1. The van der Waals surface area contributed by atoms with Gasteiger partial charge in [0.05, 0.1) is 6.10 Å². The fourth-order valence-corrected chi connectivity index (χ4v) is 1.62. The Morgan fingerprint density at radius 3 is 2.50 bits per heavy atom. The summed E-state index contributed by atoms with van der Waals surface area (Å²) in [5.41, 5.74) is 0.451. The molecular weight excluding hydrogens is 259 g/mol. The Balaban J connectivity index is 2.06. The van der Waals surface area contributed by atoms with Crippen LogP contribution in [0.25, 0.3) is 0 Å². The topological polar surface area (TPSA) is 51.2 Å². The van der Waals surface area contributed by atoms with Crippen molar-refractivity contribution in [2.24, 2.45) is 0 Å². The van der Waals surface area contributed by atoms with Gasteiger partial charge in [0.2, 0.25) is 5.95 Å². The largest absolute Gasteiger partial charge is 0.491 e. The molecule has 0 aliphatic heterocycles. The number of anilines is 1. The van der Waals surface area contributed by atoms with Gasteiger partial charge in [-0.1, -0.05) is 6.07 Å². The molecule has 1 N–H and O–H groups in total. The van der Waals surface area contributed by atoms with Gasteiger partial charge in [0, 0.05) is 5.56 Å². The van der Waals surface area contributed by atoms with Gasteiger partial charge >= 0.3 is 0 Å². The molecule has 0 fully saturated rings. The predicted molar refractivity (Wildman–Crippen MR) is 74.4 cm³/mol. The zero-order chi connectivity index (χ0) is 14.5. The number of nitrogens with zero attached hydrogens (tertiary/aromatic N) is 1. The quantitative estimate of drug-likeness (QED) is 0.871. The molecule has 1 heterocycles. The van der Waals surface area contributed by atoms with Gasteiger partial charge in [0.25, 0.3) is 5.91 Å². The van der Waals surface area contributed by atoms with Crippen LogP contribution in [0, 0.1) is 5.95 Å². The third kappa shape index (κ3) is 3.78. The third-order valence-corrected chi connectivity index (χ3v) is 2.44. The highest BCUT2D eigenvalue weighted by molar-refractivity contribution is 6.03. The number of benzene rings is 1. The lowest BCUT2D eigenvalue weighted by Crippen LogP contribution is -2.13. The van der Waals surface area contributed by atoms with Gasteiger partial charge in [-0.25, -0.2) is 4.98 Å². The summed E-state index contributed by atoms with van der Waals surface area (Å²) in [6, 6.07) is 10.9. The Morgan fingerprint density at radius 1 is 1.20 bits per heavy atom. The van der Waals surface area contributed by atoms with Gasteiger partial charge in [-0.2, -0.15) is 4.39 Å². The van der Waals surface area contributed by atoms with Crippen molar-refractivity contribution in [3.05, 3.63) is 54.0 Å². The number of rotatable bonds is 4. The van der Waals surface area contributed by atoms with Crippen LogP contribution in [0.2, 0.25) is 0 Å². The van der Waals surface area contributed by atoms with E-state index in [1.807, 2.05) is 13.8 Å². The van der Waals surface area contributed by atoms with Gasteiger partial charge in [0.1, 0.15) is 11.6 Å². The maximum Gasteiger partial charge on any atom is 0.256 e. The Hall–Kier alpha value is -2.43. The van der Waals surface area contributed by atoms with E-state index in [0.29, 0.717) is 11.3 Å². The molecule has 20 heavy (non-hydrogen) atoms. The number of nitrogens with one attached hydrogen (secondary N) is 1. The highest BCUT2D eigenvalue weighted by atomic mass is 19.1. The summed E-state index contributed by atoms with van der Waals surface area (Å²) in [5, 5.41) is 2.53. The SMILES string of the molecule is CC(C)Oc1ccc(C(=O)Nc2cccc(F)n2)cc1. The van der Waals surface area contributed by atoms with E-state index in [0.717, 1.165) is 0 Å². The van der Waals surface area contributed by atoms with Crippen LogP contribution in [0.4, 0.5) is 10.2 Å².